The molecule has 0 spiro atoms. The van der Waals surface area contributed by atoms with Crippen LogP contribution in [-0.2, 0) is 6.18 Å². The van der Waals surface area contributed by atoms with E-state index in [1.807, 2.05) is 13.8 Å². The highest BCUT2D eigenvalue weighted by atomic mass is 35.5. The summed E-state index contributed by atoms with van der Waals surface area (Å²) in [6.07, 6.45) is -2.35. The first-order valence-corrected chi connectivity index (χ1v) is 8.89. The van der Waals surface area contributed by atoms with E-state index in [9.17, 15) is 13.2 Å². The average molecular weight is 441 g/mol. The van der Waals surface area contributed by atoms with Gasteiger partial charge in [-0.25, -0.2) is 4.98 Å². The zero-order chi connectivity index (χ0) is 20.2. The quantitative estimate of drug-likeness (QED) is 0.470. The standard InChI is InChI=1S/C18H15Cl3F3NO2/c1-10(2)13-8-12(3-4-15(13)26-6-5-16(20)21)27-17-14(19)7-11(9-25-17)18(22,23)24/h3-5,7-10H,6H2,1-2H3. The Balaban J connectivity index is 2.24. The van der Waals surface area contributed by atoms with Gasteiger partial charge in [-0.3, -0.25) is 0 Å². The molecule has 146 valence electrons. The van der Waals surface area contributed by atoms with Crippen molar-refractivity contribution >= 4 is 34.8 Å². The van der Waals surface area contributed by atoms with Crippen molar-refractivity contribution in [3.63, 3.8) is 0 Å². The molecule has 1 heterocycles. The van der Waals surface area contributed by atoms with Gasteiger partial charge in [0.25, 0.3) is 0 Å². The summed E-state index contributed by atoms with van der Waals surface area (Å²) >= 11 is 17.0. The van der Waals surface area contributed by atoms with Crippen molar-refractivity contribution in [2.24, 2.45) is 0 Å². The maximum atomic E-state index is 12.7. The Labute approximate surface area is 169 Å². The summed E-state index contributed by atoms with van der Waals surface area (Å²) in [6, 6.07) is 5.76. The van der Waals surface area contributed by atoms with E-state index in [4.69, 9.17) is 44.3 Å². The zero-order valence-electron chi connectivity index (χ0n) is 14.3. The van der Waals surface area contributed by atoms with Crippen molar-refractivity contribution in [1.82, 2.24) is 4.98 Å². The van der Waals surface area contributed by atoms with Gasteiger partial charge in [-0.05, 0) is 36.3 Å². The van der Waals surface area contributed by atoms with Crippen LogP contribution in [0.2, 0.25) is 5.02 Å². The summed E-state index contributed by atoms with van der Waals surface area (Å²) in [6.45, 7) is 4.11. The highest BCUT2D eigenvalue weighted by molar-refractivity contribution is 6.55. The Morgan fingerprint density at radius 1 is 1.22 bits per heavy atom. The molecule has 0 saturated carbocycles. The summed E-state index contributed by atoms with van der Waals surface area (Å²) in [7, 11) is 0. The normalized spacial score (nSPS) is 11.4. The molecular weight excluding hydrogens is 426 g/mol. The van der Waals surface area contributed by atoms with Gasteiger partial charge in [-0.15, -0.1) is 0 Å². The number of hydrogen-bond acceptors (Lipinski definition) is 3. The number of halogens is 6. The molecule has 0 fully saturated rings. The lowest BCUT2D eigenvalue weighted by atomic mass is 10.0. The van der Waals surface area contributed by atoms with E-state index < -0.39 is 11.7 Å². The van der Waals surface area contributed by atoms with E-state index in [-0.39, 0.29) is 27.9 Å². The molecule has 0 aliphatic rings. The van der Waals surface area contributed by atoms with Crippen LogP contribution in [-0.4, -0.2) is 11.6 Å². The molecule has 0 bridgehead atoms. The first kappa shape index (κ1) is 21.7. The van der Waals surface area contributed by atoms with Crippen LogP contribution in [0.5, 0.6) is 17.4 Å². The third-order valence-electron chi connectivity index (χ3n) is 3.43. The molecule has 0 aliphatic heterocycles. The number of nitrogens with zero attached hydrogens (tertiary/aromatic N) is 1. The average Bonchev–Trinajstić information content (AvgIpc) is 2.56. The first-order chi connectivity index (χ1) is 12.6. The number of rotatable bonds is 6. The van der Waals surface area contributed by atoms with Gasteiger partial charge in [0.05, 0.1) is 5.56 Å². The summed E-state index contributed by atoms with van der Waals surface area (Å²) in [5.74, 6) is 0.945. The lowest BCUT2D eigenvalue weighted by Crippen LogP contribution is -2.06. The van der Waals surface area contributed by atoms with Crippen molar-refractivity contribution < 1.29 is 22.6 Å². The van der Waals surface area contributed by atoms with Gasteiger partial charge in [-0.1, -0.05) is 48.7 Å². The molecule has 0 unspecified atom stereocenters. The Hall–Kier alpha value is -1.63. The molecule has 0 N–H and O–H groups in total. The molecule has 1 aromatic heterocycles. The van der Waals surface area contributed by atoms with Crippen LogP contribution >= 0.6 is 34.8 Å². The maximum absolute atomic E-state index is 12.7. The van der Waals surface area contributed by atoms with Crippen LogP contribution in [0.1, 0.15) is 30.9 Å². The lowest BCUT2D eigenvalue weighted by molar-refractivity contribution is -0.137. The molecule has 9 heteroatoms. The smallest absolute Gasteiger partial charge is 0.417 e. The van der Waals surface area contributed by atoms with Crippen LogP contribution in [0.4, 0.5) is 13.2 Å². The molecular formula is C18H15Cl3F3NO2. The number of pyridine rings is 1. The van der Waals surface area contributed by atoms with Gasteiger partial charge < -0.3 is 9.47 Å². The molecule has 2 rings (SSSR count). The second kappa shape index (κ2) is 9.04. The summed E-state index contributed by atoms with van der Waals surface area (Å²) in [5.41, 5.74) is -0.118. The minimum Gasteiger partial charge on any atom is -0.489 e. The Morgan fingerprint density at radius 2 is 1.93 bits per heavy atom. The minimum absolute atomic E-state index is 0.0926. The third kappa shape index (κ3) is 6.19. The van der Waals surface area contributed by atoms with Crippen molar-refractivity contribution in [2.45, 2.75) is 25.9 Å². The van der Waals surface area contributed by atoms with Crippen LogP contribution in [0.3, 0.4) is 0 Å². The Kier molecular flexibility index (Phi) is 7.25. The van der Waals surface area contributed by atoms with E-state index in [0.29, 0.717) is 17.7 Å². The van der Waals surface area contributed by atoms with Gasteiger partial charge in [0.1, 0.15) is 27.6 Å². The predicted molar refractivity (Wildman–Crippen MR) is 100 cm³/mol. The summed E-state index contributed by atoms with van der Waals surface area (Å²) < 4.78 is 49.3. The van der Waals surface area contributed by atoms with Crippen LogP contribution in [0.15, 0.2) is 41.0 Å². The van der Waals surface area contributed by atoms with E-state index in [0.717, 1.165) is 11.6 Å². The third-order valence-corrected chi connectivity index (χ3v) is 4.01. The number of aromatic nitrogens is 1. The summed E-state index contributed by atoms with van der Waals surface area (Å²) in [5, 5.41) is -0.238. The number of ether oxygens (including phenoxy) is 2. The molecule has 0 aliphatic carbocycles. The molecule has 0 saturated heterocycles. The van der Waals surface area contributed by atoms with E-state index in [1.54, 1.807) is 18.2 Å². The molecule has 1 aromatic carbocycles. The Morgan fingerprint density at radius 3 is 2.48 bits per heavy atom. The van der Waals surface area contributed by atoms with Gasteiger partial charge in [0, 0.05) is 11.8 Å². The van der Waals surface area contributed by atoms with Crippen molar-refractivity contribution in [3.05, 3.63) is 57.2 Å². The van der Waals surface area contributed by atoms with Crippen molar-refractivity contribution in [2.75, 3.05) is 6.61 Å². The number of benzene rings is 1. The predicted octanol–water partition coefficient (Wildman–Crippen LogP) is 7.37. The van der Waals surface area contributed by atoms with Gasteiger partial charge >= 0.3 is 6.18 Å². The van der Waals surface area contributed by atoms with Gasteiger partial charge in [0.15, 0.2) is 0 Å². The molecule has 0 radical (unpaired) electrons. The second-order valence-electron chi connectivity index (χ2n) is 5.77. The largest absolute Gasteiger partial charge is 0.489 e. The Bertz CT molecular complexity index is 835. The van der Waals surface area contributed by atoms with Gasteiger partial charge in [0.2, 0.25) is 5.88 Å². The van der Waals surface area contributed by atoms with Crippen molar-refractivity contribution in [1.29, 1.82) is 0 Å². The van der Waals surface area contributed by atoms with Crippen molar-refractivity contribution in [3.8, 4) is 17.4 Å². The highest BCUT2D eigenvalue weighted by Crippen LogP contribution is 2.36. The second-order valence-corrected chi connectivity index (χ2v) is 7.18. The maximum Gasteiger partial charge on any atom is 0.417 e. The molecule has 27 heavy (non-hydrogen) atoms. The first-order valence-electron chi connectivity index (χ1n) is 7.76. The molecule has 2 aromatic rings. The van der Waals surface area contributed by atoms with Crippen LogP contribution in [0, 0.1) is 0 Å². The monoisotopic (exact) mass is 439 g/mol. The molecule has 0 amide bonds. The van der Waals surface area contributed by atoms with E-state index in [1.165, 1.54) is 6.08 Å². The van der Waals surface area contributed by atoms with E-state index in [2.05, 4.69) is 4.98 Å². The fourth-order valence-electron chi connectivity index (χ4n) is 2.13. The lowest BCUT2D eigenvalue weighted by Gasteiger charge is -2.15. The fraction of sp³-hybridized carbons (Fsp3) is 0.278. The number of hydrogen-bond donors (Lipinski definition) is 0. The molecule has 0 atom stereocenters. The van der Waals surface area contributed by atoms with E-state index >= 15 is 0 Å². The molecule has 3 nitrogen and oxygen atoms in total. The number of alkyl halides is 3. The summed E-state index contributed by atoms with van der Waals surface area (Å²) in [4.78, 5) is 3.66. The van der Waals surface area contributed by atoms with Crippen LogP contribution < -0.4 is 9.47 Å². The zero-order valence-corrected chi connectivity index (χ0v) is 16.5. The highest BCUT2D eigenvalue weighted by Gasteiger charge is 2.31. The topological polar surface area (TPSA) is 31.4 Å². The fourth-order valence-corrected chi connectivity index (χ4v) is 2.47. The van der Waals surface area contributed by atoms with Gasteiger partial charge in [-0.2, -0.15) is 13.2 Å². The minimum atomic E-state index is -4.53. The SMILES string of the molecule is CC(C)c1cc(Oc2ncc(C(F)(F)F)cc2Cl)ccc1OCC=C(Cl)Cl. The van der Waals surface area contributed by atoms with Crippen LogP contribution in [0.25, 0.3) is 0 Å².